The molecule has 2 saturated carbocycles. The summed E-state index contributed by atoms with van der Waals surface area (Å²) >= 11 is 1.60. The standard InChI is InChI=1S/C22H32N2O2S/c1-4-22(2,3)14-7-8-15-17(11-14)27-21(18(15)19(23)25)24-20(26)16-10-12-5-6-13(16)9-12/h12-14,16H,4-11H2,1-3H3,(H2,23,25)(H,24,26)/t12-,13-,14+,16+/m1/s1. The molecule has 148 valence electrons. The fourth-order valence-electron chi connectivity index (χ4n) is 5.66. The van der Waals surface area contributed by atoms with E-state index < -0.39 is 5.91 Å². The van der Waals surface area contributed by atoms with Gasteiger partial charge in [-0.2, -0.15) is 0 Å². The summed E-state index contributed by atoms with van der Waals surface area (Å²) in [6.45, 7) is 6.92. The van der Waals surface area contributed by atoms with Crippen molar-refractivity contribution < 1.29 is 9.59 Å². The Kier molecular flexibility index (Phi) is 4.86. The first-order valence-corrected chi connectivity index (χ1v) is 11.4. The molecule has 4 nitrogen and oxygen atoms in total. The average Bonchev–Trinajstić information content (AvgIpc) is 3.34. The van der Waals surface area contributed by atoms with Gasteiger partial charge in [-0.1, -0.05) is 33.6 Å². The number of carbonyl (C=O) groups is 2. The van der Waals surface area contributed by atoms with Crippen molar-refractivity contribution in [3.8, 4) is 0 Å². The number of amides is 2. The molecule has 27 heavy (non-hydrogen) atoms. The van der Waals surface area contributed by atoms with Crippen molar-refractivity contribution in [1.29, 1.82) is 0 Å². The molecule has 1 aromatic heterocycles. The van der Waals surface area contributed by atoms with Gasteiger partial charge >= 0.3 is 0 Å². The Labute approximate surface area is 166 Å². The zero-order valence-electron chi connectivity index (χ0n) is 16.8. The number of fused-ring (bicyclic) bond motifs is 3. The molecule has 0 aliphatic heterocycles. The largest absolute Gasteiger partial charge is 0.365 e. The van der Waals surface area contributed by atoms with E-state index in [-0.39, 0.29) is 11.8 Å². The third-order valence-electron chi connectivity index (χ3n) is 7.84. The van der Waals surface area contributed by atoms with Crippen LogP contribution < -0.4 is 11.1 Å². The van der Waals surface area contributed by atoms with Gasteiger partial charge < -0.3 is 11.1 Å². The Bertz CT molecular complexity index is 767. The second-order valence-corrected chi connectivity index (χ2v) is 10.7. The van der Waals surface area contributed by atoms with E-state index in [0.29, 0.717) is 27.8 Å². The highest BCUT2D eigenvalue weighted by atomic mass is 32.1. The number of thiophene rings is 1. The van der Waals surface area contributed by atoms with Crippen LogP contribution in [-0.2, 0) is 17.6 Å². The van der Waals surface area contributed by atoms with Crippen LogP contribution in [-0.4, -0.2) is 11.8 Å². The van der Waals surface area contributed by atoms with Gasteiger partial charge in [-0.15, -0.1) is 11.3 Å². The topological polar surface area (TPSA) is 72.2 Å². The number of nitrogens with one attached hydrogen (secondary N) is 1. The Morgan fingerprint density at radius 1 is 1.22 bits per heavy atom. The molecule has 3 aliphatic carbocycles. The van der Waals surface area contributed by atoms with Gasteiger partial charge in [-0.05, 0) is 67.3 Å². The minimum Gasteiger partial charge on any atom is -0.365 e. The van der Waals surface area contributed by atoms with Crippen LogP contribution in [0.15, 0.2) is 0 Å². The summed E-state index contributed by atoms with van der Waals surface area (Å²) in [5.74, 6) is 1.71. The molecular formula is C22H32N2O2S. The van der Waals surface area contributed by atoms with Crippen LogP contribution in [0.3, 0.4) is 0 Å². The van der Waals surface area contributed by atoms with E-state index in [9.17, 15) is 9.59 Å². The lowest BCUT2D eigenvalue weighted by molar-refractivity contribution is -0.121. The molecule has 2 fully saturated rings. The highest BCUT2D eigenvalue weighted by molar-refractivity contribution is 7.17. The molecule has 3 N–H and O–H groups in total. The quantitative estimate of drug-likeness (QED) is 0.763. The minimum atomic E-state index is -0.399. The molecule has 1 heterocycles. The number of primary amides is 1. The summed E-state index contributed by atoms with van der Waals surface area (Å²) in [5, 5.41) is 3.83. The van der Waals surface area contributed by atoms with Gasteiger partial charge in [-0.25, -0.2) is 0 Å². The van der Waals surface area contributed by atoms with E-state index >= 15 is 0 Å². The first-order chi connectivity index (χ1) is 12.8. The maximum absolute atomic E-state index is 12.9. The van der Waals surface area contributed by atoms with Gasteiger partial charge in [0.15, 0.2) is 0 Å². The van der Waals surface area contributed by atoms with Crippen LogP contribution in [0.5, 0.6) is 0 Å². The van der Waals surface area contributed by atoms with Gasteiger partial charge in [0, 0.05) is 10.8 Å². The SMILES string of the molecule is CCC(C)(C)[C@H]1CCc2c(sc(NC(=O)[C@H]3C[C@@H]4CC[C@@H]3C4)c2C(N)=O)C1. The molecule has 0 radical (unpaired) electrons. The van der Waals surface area contributed by atoms with E-state index in [1.165, 1.54) is 24.1 Å². The Morgan fingerprint density at radius 3 is 2.59 bits per heavy atom. The van der Waals surface area contributed by atoms with Crippen LogP contribution in [0.25, 0.3) is 0 Å². The van der Waals surface area contributed by atoms with Gasteiger partial charge in [0.1, 0.15) is 5.00 Å². The second kappa shape index (κ2) is 6.91. The van der Waals surface area contributed by atoms with E-state index in [2.05, 4.69) is 26.1 Å². The Hall–Kier alpha value is -1.36. The van der Waals surface area contributed by atoms with Crippen molar-refractivity contribution in [3.63, 3.8) is 0 Å². The van der Waals surface area contributed by atoms with Crippen LogP contribution >= 0.6 is 11.3 Å². The predicted octanol–water partition coefficient (Wildman–Crippen LogP) is 4.76. The maximum atomic E-state index is 12.9. The van der Waals surface area contributed by atoms with E-state index in [1.54, 1.807) is 11.3 Å². The van der Waals surface area contributed by atoms with E-state index in [4.69, 9.17) is 5.73 Å². The molecule has 1 aromatic rings. The molecule has 2 amide bonds. The summed E-state index contributed by atoms with van der Waals surface area (Å²) in [7, 11) is 0. The number of anilines is 1. The van der Waals surface area contributed by atoms with Crippen molar-refractivity contribution >= 4 is 28.2 Å². The van der Waals surface area contributed by atoms with Crippen LogP contribution in [0.4, 0.5) is 5.00 Å². The predicted molar refractivity (Wildman–Crippen MR) is 110 cm³/mol. The summed E-state index contributed by atoms with van der Waals surface area (Å²) < 4.78 is 0. The molecule has 0 unspecified atom stereocenters. The molecule has 0 spiro atoms. The minimum absolute atomic E-state index is 0.105. The first-order valence-electron chi connectivity index (χ1n) is 10.5. The van der Waals surface area contributed by atoms with E-state index in [0.717, 1.165) is 43.6 Å². The van der Waals surface area contributed by atoms with Gasteiger partial charge in [0.2, 0.25) is 5.91 Å². The van der Waals surface area contributed by atoms with E-state index in [1.807, 2.05) is 0 Å². The molecule has 3 aliphatic rings. The summed E-state index contributed by atoms with van der Waals surface area (Å²) in [6.07, 6.45) is 8.80. The number of hydrogen-bond donors (Lipinski definition) is 2. The summed E-state index contributed by atoms with van der Waals surface area (Å²) in [5.41, 5.74) is 7.71. The van der Waals surface area contributed by atoms with Crippen molar-refractivity contribution in [1.82, 2.24) is 0 Å². The maximum Gasteiger partial charge on any atom is 0.251 e. The molecule has 5 heteroatoms. The second-order valence-electron chi connectivity index (χ2n) is 9.62. The van der Waals surface area contributed by atoms with Crippen LogP contribution in [0, 0.1) is 29.1 Å². The Morgan fingerprint density at radius 2 is 2.00 bits per heavy atom. The molecular weight excluding hydrogens is 356 g/mol. The van der Waals surface area contributed by atoms with Crippen LogP contribution in [0.1, 0.15) is 80.1 Å². The van der Waals surface area contributed by atoms with Crippen molar-refractivity contribution in [2.24, 2.45) is 34.8 Å². The molecule has 4 rings (SSSR count). The highest BCUT2D eigenvalue weighted by Crippen LogP contribution is 2.49. The number of hydrogen-bond acceptors (Lipinski definition) is 3. The molecule has 0 saturated heterocycles. The fraction of sp³-hybridized carbons (Fsp3) is 0.727. The fourth-order valence-corrected chi connectivity index (χ4v) is 7.00. The number of nitrogens with two attached hydrogens (primary N) is 1. The Balaban J connectivity index is 1.57. The van der Waals surface area contributed by atoms with Gasteiger partial charge in [-0.3, -0.25) is 9.59 Å². The van der Waals surface area contributed by atoms with Crippen LogP contribution in [0.2, 0.25) is 0 Å². The summed E-state index contributed by atoms with van der Waals surface area (Å²) in [4.78, 5) is 26.4. The van der Waals surface area contributed by atoms with Crippen molar-refractivity contribution in [2.45, 2.75) is 72.1 Å². The highest BCUT2D eigenvalue weighted by Gasteiger charge is 2.43. The number of carbonyl (C=O) groups excluding carboxylic acids is 2. The number of rotatable bonds is 5. The smallest absolute Gasteiger partial charge is 0.251 e. The third-order valence-corrected chi connectivity index (χ3v) is 9.01. The lowest BCUT2D eigenvalue weighted by atomic mass is 9.69. The monoisotopic (exact) mass is 388 g/mol. The average molecular weight is 389 g/mol. The molecule has 0 aromatic carbocycles. The first kappa shape index (κ1) is 19.0. The van der Waals surface area contributed by atoms with Crippen molar-refractivity contribution in [2.75, 3.05) is 5.32 Å². The zero-order valence-corrected chi connectivity index (χ0v) is 17.6. The third kappa shape index (κ3) is 3.32. The normalized spacial score (nSPS) is 29.6. The molecule has 2 bridgehead atoms. The molecule has 4 atom stereocenters. The summed E-state index contributed by atoms with van der Waals surface area (Å²) in [6, 6.07) is 0. The van der Waals surface area contributed by atoms with Gasteiger partial charge in [0.25, 0.3) is 5.91 Å². The van der Waals surface area contributed by atoms with Gasteiger partial charge in [0.05, 0.1) is 5.56 Å². The lowest BCUT2D eigenvalue weighted by Crippen LogP contribution is -2.29. The lowest BCUT2D eigenvalue weighted by Gasteiger charge is -2.36. The zero-order chi connectivity index (χ0) is 19.3. The van der Waals surface area contributed by atoms with Crippen molar-refractivity contribution in [3.05, 3.63) is 16.0 Å².